The highest BCUT2D eigenvalue weighted by Gasteiger charge is 2.11. The van der Waals surface area contributed by atoms with E-state index in [4.69, 9.17) is 27.9 Å². The lowest BCUT2D eigenvalue weighted by molar-refractivity contribution is 0.468. The predicted molar refractivity (Wildman–Crippen MR) is 77.6 cm³/mol. The molecule has 0 amide bonds. The molecule has 0 unspecified atom stereocenters. The van der Waals surface area contributed by atoms with E-state index in [-0.39, 0.29) is 5.28 Å². The third-order valence-corrected chi connectivity index (χ3v) is 3.40. The van der Waals surface area contributed by atoms with Crippen LogP contribution in [0.15, 0.2) is 24.4 Å². The lowest BCUT2D eigenvalue weighted by Gasteiger charge is -2.08. The van der Waals surface area contributed by atoms with Gasteiger partial charge in [0.1, 0.15) is 11.1 Å². The van der Waals surface area contributed by atoms with Crippen LogP contribution in [0.4, 0.5) is 0 Å². The molecule has 3 rings (SSSR count). The van der Waals surface area contributed by atoms with Crippen molar-refractivity contribution in [2.45, 2.75) is 13.3 Å². The second-order valence-corrected chi connectivity index (χ2v) is 4.88. The Morgan fingerprint density at radius 3 is 2.90 bits per heavy atom. The van der Waals surface area contributed by atoms with Gasteiger partial charge < -0.3 is 4.74 Å². The zero-order valence-corrected chi connectivity index (χ0v) is 12.0. The number of nitrogens with zero attached hydrogens (tertiary/aromatic N) is 3. The van der Waals surface area contributed by atoms with Crippen molar-refractivity contribution in [2.75, 3.05) is 0 Å². The molecule has 0 spiro atoms. The first-order chi connectivity index (χ1) is 9.67. The molecule has 3 aromatic rings. The Kier molecular flexibility index (Phi) is 3.46. The number of fused-ring (bicyclic) bond motifs is 1. The van der Waals surface area contributed by atoms with Gasteiger partial charge in [-0.15, -0.1) is 0 Å². The number of nitrogens with one attached hydrogen (secondary N) is 1. The van der Waals surface area contributed by atoms with Crippen molar-refractivity contribution in [3.05, 3.63) is 40.3 Å². The summed E-state index contributed by atoms with van der Waals surface area (Å²) in [6, 6.07) is 5.46. The fraction of sp³-hybridized carbons (Fsp3) is 0.154. The van der Waals surface area contributed by atoms with Gasteiger partial charge in [0.15, 0.2) is 5.65 Å². The molecule has 7 heteroatoms. The number of H-pyrrole nitrogens is 1. The molecular formula is C13H10Cl2N4O. The van der Waals surface area contributed by atoms with Crippen LogP contribution in [0, 0.1) is 0 Å². The largest absolute Gasteiger partial charge is 0.438 e. The van der Waals surface area contributed by atoms with Crippen molar-refractivity contribution < 1.29 is 4.74 Å². The molecule has 0 aliphatic carbocycles. The van der Waals surface area contributed by atoms with Crippen LogP contribution in [0.2, 0.25) is 10.3 Å². The molecule has 0 atom stereocenters. The highest BCUT2D eigenvalue weighted by atomic mass is 35.5. The number of hydrogen-bond donors (Lipinski definition) is 1. The van der Waals surface area contributed by atoms with E-state index in [1.165, 1.54) is 0 Å². The number of aryl methyl sites for hydroxylation is 1. The Bertz CT molecular complexity index is 772. The van der Waals surface area contributed by atoms with Gasteiger partial charge in [-0.1, -0.05) is 18.5 Å². The highest BCUT2D eigenvalue weighted by Crippen LogP contribution is 2.29. The predicted octanol–water partition coefficient (Wildman–Crippen LogP) is 4.01. The molecular weight excluding hydrogens is 299 g/mol. The Hall–Kier alpha value is -1.85. The third kappa shape index (κ3) is 2.42. The number of aromatic nitrogens is 4. The average Bonchev–Trinajstić information content (AvgIpc) is 2.89. The van der Waals surface area contributed by atoms with E-state index in [2.05, 4.69) is 20.2 Å². The van der Waals surface area contributed by atoms with Gasteiger partial charge in [-0.25, -0.2) is 0 Å². The Morgan fingerprint density at radius 2 is 2.10 bits per heavy atom. The smallest absolute Gasteiger partial charge is 0.234 e. The first-order valence-corrected chi connectivity index (χ1v) is 6.76. The molecule has 0 saturated carbocycles. The van der Waals surface area contributed by atoms with Gasteiger partial charge >= 0.3 is 0 Å². The number of aromatic amines is 1. The van der Waals surface area contributed by atoms with E-state index in [0.717, 1.165) is 12.0 Å². The van der Waals surface area contributed by atoms with Gasteiger partial charge in [0.25, 0.3) is 0 Å². The first kappa shape index (κ1) is 13.1. The quantitative estimate of drug-likeness (QED) is 0.742. The van der Waals surface area contributed by atoms with Crippen molar-refractivity contribution in [3.63, 3.8) is 0 Å². The van der Waals surface area contributed by atoms with Gasteiger partial charge in [0.05, 0.1) is 6.20 Å². The van der Waals surface area contributed by atoms with E-state index in [9.17, 15) is 0 Å². The summed E-state index contributed by atoms with van der Waals surface area (Å²) in [5, 5.41) is 8.12. The van der Waals surface area contributed by atoms with Crippen molar-refractivity contribution in [1.82, 2.24) is 20.2 Å². The van der Waals surface area contributed by atoms with Gasteiger partial charge in [0.2, 0.25) is 11.2 Å². The Morgan fingerprint density at radius 1 is 1.25 bits per heavy atom. The zero-order valence-electron chi connectivity index (χ0n) is 10.5. The summed E-state index contributed by atoms with van der Waals surface area (Å²) in [6.07, 6.45) is 2.42. The molecule has 1 aromatic carbocycles. The van der Waals surface area contributed by atoms with E-state index >= 15 is 0 Å². The van der Waals surface area contributed by atoms with Crippen molar-refractivity contribution in [3.8, 4) is 11.6 Å². The highest BCUT2D eigenvalue weighted by molar-refractivity contribution is 6.31. The maximum Gasteiger partial charge on any atom is 0.234 e. The van der Waals surface area contributed by atoms with Gasteiger partial charge in [-0.2, -0.15) is 15.1 Å². The van der Waals surface area contributed by atoms with Crippen LogP contribution in [-0.2, 0) is 6.42 Å². The van der Waals surface area contributed by atoms with Crippen molar-refractivity contribution in [1.29, 1.82) is 0 Å². The van der Waals surface area contributed by atoms with E-state index in [1.807, 2.05) is 13.0 Å². The minimum Gasteiger partial charge on any atom is -0.438 e. The summed E-state index contributed by atoms with van der Waals surface area (Å²) < 4.78 is 5.77. The molecule has 2 aromatic heterocycles. The van der Waals surface area contributed by atoms with E-state index in [0.29, 0.717) is 27.7 Å². The van der Waals surface area contributed by atoms with Crippen LogP contribution < -0.4 is 4.74 Å². The van der Waals surface area contributed by atoms with Crippen LogP contribution in [0.25, 0.3) is 11.0 Å². The summed E-state index contributed by atoms with van der Waals surface area (Å²) in [5.74, 6) is 1.00. The van der Waals surface area contributed by atoms with Crippen LogP contribution in [-0.4, -0.2) is 20.2 Å². The van der Waals surface area contributed by atoms with Gasteiger partial charge in [-0.3, -0.25) is 5.10 Å². The first-order valence-electron chi connectivity index (χ1n) is 6.00. The van der Waals surface area contributed by atoms with Crippen LogP contribution in [0.3, 0.4) is 0 Å². The summed E-state index contributed by atoms with van der Waals surface area (Å²) in [4.78, 5) is 8.11. The monoisotopic (exact) mass is 308 g/mol. The minimum absolute atomic E-state index is 0.0985. The average molecular weight is 309 g/mol. The fourth-order valence-corrected chi connectivity index (χ4v) is 2.27. The van der Waals surface area contributed by atoms with Crippen molar-refractivity contribution >= 4 is 34.2 Å². The molecule has 2 heterocycles. The standard InChI is InChI=1S/C13H10Cl2N4O/c1-2-7-5-8(3-4-10(7)14)20-12-9-6-16-19-11(9)17-13(15)18-12/h3-6H,2H2,1H3,(H,16,17,18,19). The molecule has 20 heavy (non-hydrogen) atoms. The second kappa shape index (κ2) is 5.26. The lowest BCUT2D eigenvalue weighted by atomic mass is 10.1. The summed E-state index contributed by atoms with van der Waals surface area (Å²) >= 11 is 11.9. The molecule has 0 radical (unpaired) electrons. The van der Waals surface area contributed by atoms with Gasteiger partial charge in [0, 0.05) is 5.02 Å². The molecule has 0 aliphatic heterocycles. The topological polar surface area (TPSA) is 63.7 Å². The third-order valence-electron chi connectivity index (χ3n) is 2.86. The summed E-state index contributed by atoms with van der Waals surface area (Å²) in [7, 11) is 0. The SMILES string of the molecule is CCc1cc(Oc2nc(Cl)nc3[nH]ncc23)ccc1Cl. The normalized spacial score (nSPS) is 10.9. The molecule has 0 saturated heterocycles. The van der Waals surface area contributed by atoms with Gasteiger partial charge in [-0.05, 0) is 41.8 Å². The second-order valence-electron chi connectivity index (χ2n) is 4.14. The lowest BCUT2D eigenvalue weighted by Crippen LogP contribution is -1.93. The molecule has 0 aliphatic rings. The molecule has 1 N–H and O–H groups in total. The number of halogens is 2. The Labute approximate surface area is 124 Å². The maximum absolute atomic E-state index is 6.08. The molecule has 0 fully saturated rings. The number of hydrogen-bond acceptors (Lipinski definition) is 4. The van der Waals surface area contributed by atoms with Crippen LogP contribution in [0.1, 0.15) is 12.5 Å². The number of rotatable bonds is 3. The summed E-state index contributed by atoms with van der Waals surface area (Å²) in [5.41, 5.74) is 1.54. The summed E-state index contributed by atoms with van der Waals surface area (Å²) in [6.45, 7) is 2.03. The number of ether oxygens (including phenoxy) is 1. The van der Waals surface area contributed by atoms with E-state index < -0.39 is 0 Å². The minimum atomic E-state index is 0.0985. The van der Waals surface area contributed by atoms with Crippen molar-refractivity contribution in [2.24, 2.45) is 0 Å². The van der Waals surface area contributed by atoms with Crippen LogP contribution in [0.5, 0.6) is 11.6 Å². The number of benzene rings is 1. The maximum atomic E-state index is 6.08. The Balaban J connectivity index is 2.02. The molecule has 0 bridgehead atoms. The van der Waals surface area contributed by atoms with E-state index in [1.54, 1.807) is 18.3 Å². The molecule has 5 nitrogen and oxygen atoms in total. The van der Waals surface area contributed by atoms with Crippen LogP contribution >= 0.6 is 23.2 Å². The zero-order chi connectivity index (χ0) is 14.1. The molecule has 102 valence electrons. The fourth-order valence-electron chi connectivity index (χ4n) is 1.86.